The fraction of sp³-hybridized carbons (Fsp3) is 0.588. The lowest BCUT2D eigenvalue weighted by molar-refractivity contribution is -0.121. The molecule has 0 saturated carbocycles. The molecule has 1 atom stereocenters. The molecule has 1 rings (SSSR count). The van der Waals surface area contributed by atoms with Gasteiger partial charge in [0.2, 0.25) is 5.91 Å². The maximum atomic E-state index is 12.1. The van der Waals surface area contributed by atoms with E-state index in [0.29, 0.717) is 19.7 Å². The van der Waals surface area contributed by atoms with Gasteiger partial charge in [0, 0.05) is 13.7 Å². The fourth-order valence-corrected chi connectivity index (χ4v) is 2.24. The van der Waals surface area contributed by atoms with Crippen LogP contribution >= 0.6 is 12.4 Å². The second-order valence-corrected chi connectivity index (χ2v) is 6.45. The molecule has 0 bridgehead atoms. The molecule has 0 fully saturated rings. The summed E-state index contributed by atoms with van der Waals surface area (Å²) in [4.78, 5) is 12.1. The molecule has 0 aliphatic carbocycles. The summed E-state index contributed by atoms with van der Waals surface area (Å²) in [7, 11) is 1.65. The molecule has 0 saturated heterocycles. The molecule has 0 heterocycles. The number of nitrogens with one attached hydrogen (secondary N) is 2. The van der Waals surface area contributed by atoms with Crippen molar-refractivity contribution in [3.63, 3.8) is 0 Å². The Morgan fingerprint density at radius 1 is 1.32 bits per heavy atom. The highest BCUT2D eigenvalue weighted by Gasteiger charge is 2.27. The van der Waals surface area contributed by atoms with E-state index in [1.54, 1.807) is 7.11 Å². The third-order valence-electron chi connectivity index (χ3n) is 3.32. The SMILES string of the molecule is COCCNCC(=O)NC(c1cccc(C)c1)C(C)(C)C.Cl. The van der Waals surface area contributed by atoms with E-state index in [-0.39, 0.29) is 29.8 Å². The van der Waals surface area contributed by atoms with E-state index in [1.165, 1.54) is 5.56 Å². The number of halogens is 1. The lowest BCUT2D eigenvalue weighted by atomic mass is 9.82. The number of carbonyl (C=O) groups excluding carboxylic acids is 1. The van der Waals surface area contributed by atoms with Crippen molar-refractivity contribution in [2.24, 2.45) is 5.41 Å². The number of ether oxygens (including phenoxy) is 1. The normalized spacial score (nSPS) is 12.4. The van der Waals surface area contributed by atoms with Gasteiger partial charge >= 0.3 is 0 Å². The minimum Gasteiger partial charge on any atom is -0.383 e. The van der Waals surface area contributed by atoms with Gasteiger partial charge < -0.3 is 15.4 Å². The molecule has 5 heteroatoms. The molecule has 1 aromatic rings. The zero-order valence-electron chi connectivity index (χ0n) is 14.2. The summed E-state index contributed by atoms with van der Waals surface area (Å²) in [6, 6.07) is 8.30. The summed E-state index contributed by atoms with van der Waals surface area (Å²) in [6.07, 6.45) is 0. The number of aryl methyl sites for hydroxylation is 1. The predicted octanol–water partition coefficient (Wildman–Crippen LogP) is 2.86. The lowest BCUT2D eigenvalue weighted by Crippen LogP contribution is -2.41. The molecular weight excluding hydrogens is 300 g/mol. The first-order valence-electron chi connectivity index (χ1n) is 7.40. The molecule has 4 nitrogen and oxygen atoms in total. The van der Waals surface area contributed by atoms with Crippen LogP contribution in [0.25, 0.3) is 0 Å². The molecule has 0 spiro atoms. The van der Waals surface area contributed by atoms with E-state index >= 15 is 0 Å². The van der Waals surface area contributed by atoms with Crippen LogP contribution in [-0.4, -0.2) is 32.7 Å². The van der Waals surface area contributed by atoms with E-state index in [0.717, 1.165) is 5.56 Å². The lowest BCUT2D eigenvalue weighted by Gasteiger charge is -2.32. The zero-order valence-corrected chi connectivity index (χ0v) is 15.0. The number of rotatable bonds is 7. The van der Waals surface area contributed by atoms with Gasteiger partial charge in [-0.2, -0.15) is 0 Å². The number of hydrogen-bond acceptors (Lipinski definition) is 3. The van der Waals surface area contributed by atoms with Crippen LogP contribution in [0, 0.1) is 12.3 Å². The first-order chi connectivity index (χ1) is 9.84. The van der Waals surface area contributed by atoms with Crippen molar-refractivity contribution in [1.29, 1.82) is 0 Å². The van der Waals surface area contributed by atoms with Crippen LogP contribution in [0.3, 0.4) is 0 Å². The van der Waals surface area contributed by atoms with Gasteiger partial charge in [-0.3, -0.25) is 4.79 Å². The number of amides is 1. The molecule has 22 heavy (non-hydrogen) atoms. The molecule has 1 unspecified atom stereocenters. The third kappa shape index (κ3) is 7.25. The van der Waals surface area contributed by atoms with Gasteiger partial charge in [-0.1, -0.05) is 50.6 Å². The van der Waals surface area contributed by atoms with Gasteiger partial charge in [-0.25, -0.2) is 0 Å². The van der Waals surface area contributed by atoms with Crippen LogP contribution in [0.5, 0.6) is 0 Å². The molecule has 2 N–H and O–H groups in total. The molecule has 0 aromatic heterocycles. The maximum Gasteiger partial charge on any atom is 0.234 e. The minimum atomic E-state index is -0.0457. The smallest absolute Gasteiger partial charge is 0.234 e. The van der Waals surface area contributed by atoms with Gasteiger partial charge in [-0.15, -0.1) is 12.4 Å². The molecule has 1 amide bonds. The highest BCUT2D eigenvalue weighted by atomic mass is 35.5. The van der Waals surface area contributed by atoms with E-state index < -0.39 is 0 Å². The Bertz CT molecular complexity index is 458. The van der Waals surface area contributed by atoms with Crippen LogP contribution in [0.2, 0.25) is 0 Å². The number of methoxy groups -OCH3 is 1. The first-order valence-corrected chi connectivity index (χ1v) is 7.40. The van der Waals surface area contributed by atoms with Crippen LogP contribution < -0.4 is 10.6 Å². The van der Waals surface area contributed by atoms with Gasteiger partial charge in [0.15, 0.2) is 0 Å². The quantitative estimate of drug-likeness (QED) is 0.757. The Morgan fingerprint density at radius 3 is 2.55 bits per heavy atom. The maximum absolute atomic E-state index is 12.1. The average molecular weight is 329 g/mol. The molecule has 1 aromatic carbocycles. The van der Waals surface area contributed by atoms with Gasteiger partial charge in [-0.05, 0) is 17.9 Å². The van der Waals surface area contributed by atoms with Gasteiger partial charge in [0.05, 0.1) is 19.2 Å². The number of benzene rings is 1. The Labute approximate surface area is 140 Å². The van der Waals surface area contributed by atoms with Crippen LogP contribution in [0.4, 0.5) is 0 Å². The van der Waals surface area contributed by atoms with Gasteiger partial charge in [0.1, 0.15) is 0 Å². The summed E-state index contributed by atoms with van der Waals surface area (Å²) >= 11 is 0. The molecule has 0 aliphatic rings. The third-order valence-corrected chi connectivity index (χ3v) is 3.32. The van der Waals surface area contributed by atoms with Crippen molar-refractivity contribution >= 4 is 18.3 Å². The van der Waals surface area contributed by atoms with E-state index in [1.807, 2.05) is 6.07 Å². The van der Waals surface area contributed by atoms with Gasteiger partial charge in [0.25, 0.3) is 0 Å². The molecule has 0 aliphatic heterocycles. The number of carbonyl (C=O) groups is 1. The summed E-state index contributed by atoms with van der Waals surface area (Å²) < 4.78 is 4.95. The van der Waals surface area contributed by atoms with Crippen molar-refractivity contribution < 1.29 is 9.53 Å². The highest BCUT2D eigenvalue weighted by molar-refractivity contribution is 5.85. The fourth-order valence-electron chi connectivity index (χ4n) is 2.24. The Hall–Kier alpha value is -1.10. The second kappa shape index (κ2) is 9.82. The summed E-state index contributed by atoms with van der Waals surface area (Å²) in [6.45, 7) is 10.1. The predicted molar refractivity (Wildman–Crippen MR) is 93.5 cm³/mol. The van der Waals surface area contributed by atoms with Crippen molar-refractivity contribution in [3.8, 4) is 0 Å². The molecular formula is C17H29ClN2O2. The average Bonchev–Trinajstić information content (AvgIpc) is 2.40. The Balaban J connectivity index is 0.00000441. The van der Waals surface area contributed by atoms with Crippen molar-refractivity contribution in [1.82, 2.24) is 10.6 Å². The first kappa shape index (κ1) is 20.9. The summed E-state index contributed by atoms with van der Waals surface area (Å²) in [5.41, 5.74) is 2.30. The molecule has 126 valence electrons. The van der Waals surface area contributed by atoms with E-state index in [9.17, 15) is 4.79 Å². The highest BCUT2D eigenvalue weighted by Crippen LogP contribution is 2.32. The Morgan fingerprint density at radius 2 is 2.00 bits per heavy atom. The standard InChI is InChI=1S/C17H28N2O2.ClH/c1-13-7-6-8-14(11-13)16(17(2,3)4)19-15(20)12-18-9-10-21-5;/h6-8,11,16,18H,9-10,12H2,1-5H3,(H,19,20);1H. The summed E-state index contributed by atoms with van der Waals surface area (Å²) in [5, 5.41) is 6.20. The molecule has 0 radical (unpaired) electrons. The minimum absolute atomic E-state index is 0. The van der Waals surface area contributed by atoms with E-state index in [4.69, 9.17) is 4.74 Å². The van der Waals surface area contributed by atoms with Crippen molar-refractivity contribution in [2.45, 2.75) is 33.7 Å². The topological polar surface area (TPSA) is 50.4 Å². The number of hydrogen-bond donors (Lipinski definition) is 2. The second-order valence-electron chi connectivity index (χ2n) is 6.45. The summed E-state index contributed by atoms with van der Waals surface area (Å²) in [5.74, 6) is 0.00698. The van der Waals surface area contributed by atoms with Crippen LogP contribution in [0.15, 0.2) is 24.3 Å². The monoisotopic (exact) mass is 328 g/mol. The zero-order chi connectivity index (χ0) is 15.9. The Kier molecular flexibility index (Phi) is 9.33. The largest absolute Gasteiger partial charge is 0.383 e. The van der Waals surface area contributed by atoms with Crippen LogP contribution in [-0.2, 0) is 9.53 Å². The van der Waals surface area contributed by atoms with Crippen molar-refractivity contribution in [2.75, 3.05) is 26.8 Å². The van der Waals surface area contributed by atoms with Crippen molar-refractivity contribution in [3.05, 3.63) is 35.4 Å². The van der Waals surface area contributed by atoms with E-state index in [2.05, 4.69) is 56.5 Å². The van der Waals surface area contributed by atoms with Crippen LogP contribution in [0.1, 0.15) is 37.9 Å².